The van der Waals surface area contributed by atoms with Crippen LogP contribution in [0.2, 0.25) is 0 Å². The van der Waals surface area contributed by atoms with E-state index in [1.807, 2.05) is 6.92 Å². The average molecular weight is 292 g/mol. The Morgan fingerprint density at radius 1 is 0.550 bits per heavy atom. The fourth-order valence-corrected chi connectivity index (χ4v) is 1.30. The molecule has 0 aromatic carbocycles. The Kier molecular flexibility index (Phi) is 13.6. The Hall–Kier alpha value is -0.200. The minimum atomic E-state index is 0.214. The smallest absolute Gasteiger partial charge is 0.0701 e. The lowest BCUT2D eigenvalue weighted by molar-refractivity contribution is -0.0163. The molecule has 5 heteroatoms. The van der Waals surface area contributed by atoms with Crippen LogP contribution in [0.3, 0.4) is 0 Å². The fourth-order valence-electron chi connectivity index (χ4n) is 1.30. The van der Waals surface area contributed by atoms with Crippen LogP contribution in [-0.2, 0) is 23.7 Å². The van der Waals surface area contributed by atoms with Gasteiger partial charge in [0.05, 0.1) is 59.5 Å². The van der Waals surface area contributed by atoms with E-state index >= 15 is 0 Å². The topological polar surface area (TPSA) is 46.2 Å². The van der Waals surface area contributed by atoms with Crippen molar-refractivity contribution in [3.8, 4) is 0 Å². The van der Waals surface area contributed by atoms with Gasteiger partial charge in [-0.05, 0) is 12.3 Å². The average Bonchev–Trinajstić information content (AvgIpc) is 2.38. The third-order valence-corrected chi connectivity index (χ3v) is 2.23. The van der Waals surface area contributed by atoms with E-state index in [9.17, 15) is 0 Å². The van der Waals surface area contributed by atoms with Crippen molar-refractivity contribution in [3.05, 3.63) is 0 Å². The number of rotatable bonds is 14. The molecule has 0 aliphatic heterocycles. The predicted octanol–water partition coefficient (Wildman–Crippen LogP) is 2.14. The summed E-state index contributed by atoms with van der Waals surface area (Å²) in [6.07, 6.45) is 0. The largest absolute Gasteiger partial charge is 0.379 e. The van der Waals surface area contributed by atoms with Gasteiger partial charge in [0.25, 0.3) is 0 Å². The van der Waals surface area contributed by atoms with Gasteiger partial charge in [0.1, 0.15) is 0 Å². The van der Waals surface area contributed by atoms with Crippen molar-refractivity contribution in [2.75, 3.05) is 66.1 Å². The lowest BCUT2D eigenvalue weighted by Gasteiger charge is -2.17. The van der Waals surface area contributed by atoms with Gasteiger partial charge in [0.15, 0.2) is 0 Å². The zero-order chi connectivity index (χ0) is 15.1. The summed E-state index contributed by atoms with van der Waals surface area (Å²) in [5, 5.41) is 0. The highest BCUT2D eigenvalue weighted by molar-refractivity contribution is 4.58. The molecule has 0 saturated carbocycles. The van der Waals surface area contributed by atoms with Crippen molar-refractivity contribution in [1.82, 2.24) is 0 Å². The summed E-state index contributed by atoms with van der Waals surface area (Å²) in [7, 11) is 0. The molecule has 0 saturated heterocycles. The van der Waals surface area contributed by atoms with Crippen molar-refractivity contribution in [2.24, 2.45) is 5.41 Å². The highest BCUT2D eigenvalue weighted by atomic mass is 16.6. The van der Waals surface area contributed by atoms with E-state index in [1.165, 1.54) is 0 Å². The normalized spacial score (nSPS) is 12.0. The summed E-state index contributed by atoms with van der Waals surface area (Å²) in [5.74, 6) is 0. The quantitative estimate of drug-likeness (QED) is 0.459. The highest BCUT2D eigenvalue weighted by Gasteiger charge is 2.09. The molecular formula is C15H32O5. The van der Waals surface area contributed by atoms with Crippen LogP contribution in [0.15, 0.2) is 0 Å². The summed E-state index contributed by atoms with van der Waals surface area (Å²) in [6, 6.07) is 0. The van der Waals surface area contributed by atoms with Crippen molar-refractivity contribution >= 4 is 0 Å². The third kappa shape index (κ3) is 17.8. The second kappa shape index (κ2) is 13.8. The van der Waals surface area contributed by atoms with Gasteiger partial charge >= 0.3 is 0 Å². The number of hydrogen-bond donors (Lipinski definition) is 0. The Balaban J connectivity index is 2.99. The van der Waals surface area contributed by atoms with E-state index in [4.69, 9.17) is 23.7 Å². The molecule has 0 atom stereocenters. The maximum Gasteiger partial charge on any atom is 0.0701 e. The number of hydrogen-bond acceptors (Lipinski definition) is 5. The van der Waals surface area contributed by atoms with Crippen molar-refractivity contribution < 1.29 is 23.7 Å². The van der Waals surface area contributed by atoms with Crippen LogP contribution in [0.5, 0.6) is 0 Å². The first-order valence-corrected chi connectivity index (χ1v) is 7.45. The summed E-state index contributed by atoms with van der Waals surface area (Å²) in [6.45, 7) is 14.8. The molecule has 20 heavy (non-hydrogen) atoms. The van der Waals surface area contributed by atoms with E-state index in [-0.39, 0.29) is 5.41 Å². The fraction of sp³-hybridized carbons (Fsp3) is 1.00. The first-order valence-electron chi connectivity index (χ1n) is 7.45. The summed E-state index contributed by atoms with van der Waals surface area (Å²) >= 11 is 0. The SMILES string of the molecule is CCOCCOCCOCCOCCOCC(C)(C)C. The highest BCUT2D eigenvalue weighted by Crippen LogP contribution is 2.12. The van der Waals surface area contributed by atoms with Crippen LogP contribution in [0.25, 0.3) is 0 Å². The van der Waals surface area contributed by atoms with Crippen LogP contribution in [0.4, 0.5) is 0 Å². The summed E-state index contributed by atoms with van der Waals surface area (Å²) < 4.78 is 26.7. The first-order chi connectivity index (χ1) is 9.56. The van der Waals surface area contributed by atoms with Crippen LogP contribution in [-0.4, -0.2) is 66.1 Å². The Morgan fingerprint density at radius 2 is 0.900 bits per heavy atom. The summed E-state index contributed by atoms with van der Waals surface area (Å²) in [5.41, 5.74) is 0.214. The van der Waals surface area contributed by atoms with E-state index < -0.39 is 0 Å². The van der Waals surface area contributed by atoms with Crippen LogP contribution in [0.1, 0.15) is 27.7 Å². The predicted molar refractivity (Wildman–Crippen MR) is 79.2 cm³/mol. The lowest BCUT2D eigenvalue weighted by Crippen LogP contribution is -2.17. The third-order valence-electron chi connectivity index (χ3n) is 2.23. The lowest BCUT2D eigenvalue weighted by atomic mass is 9.99. The molecule has 0 aliphatic rings. The van der Waals surface area contributed by atoms with Gasteiger partial charge in [0, 0.05) is 6.61 Å². The molecule has 0 N–H and O–H groups in total. The molecule has 0 radical (unpaired) electrons. The monoisotopic (exact) mass is 292 g/mol. The Bertz CT molecular complexity index is 191. The molecule has 0 rings (SSSR count). The zero-order valence-electron chi connectivity index (χ0n) is 13.6. The molecule has 0 spiro atoms. The number of ether oxygens (including phenoxy) is 5. The van der Waals surface area contributed by atoms with Crippen molar-refractivity contribution in [1.29, 1.82) is 0 Å². The van der Waals surface area contributed by atoms with E-state index in [0.29, 0.717) is 52.9 Å². The van der Waals surface area contributed by atoms with E-state index in [1.54, 1.807) is 0 Å². The van der Waals surface area contributed by atoms with Crippen molar-refractivity contribution in [2.45, 2.75) is 27.7 Å². The molecule has 0 aromatic heterocycles. The second-order valence-electron chi connectivity index (χ2n) is 5.65. The Morgan fingerprint density at radius 3 is 1.25 bits per heavy atom. The molecule has 0 fully saturated rings. The van der Waals surface area contributed by atoms with E-state index in [2.05, 4.69) is 20.8 Å². The molecule has 0 aliphatic carbocycles. The van der Waals surface area contributed by atoms with Gasteiger partial charge in [-0.3, -0.25) is 0 Å². The maximum absolute atomic E-state index is 5.49. The molecule has 0 amide bonds. The van der Waals surface area contributed by atoms with Gasteiger partial charge in [-0.25, -0.2) is 0 Å². The van der Waals surface area contributed by atoms with Crippen molar-refractivity contribution in [3.63, 3.8) is 0 Å². The molecule has 0 bridgehead atoms. The summed E-state index contributed by atoms with van der Waals surface area (Å²) in [4.78, 5) is 0. The van der Waals surface area contributed by atoms with Gasteiger partial charge in [-0.15, -0.1) is 0 Å². The molecule has 122 valence electrons. The first kappa shape index (κ1) is 19.8. The van der Waals surface area contributed by atoms with Gasteiger partial charge in [0.2, 0.25) is 0 Å². The molecular weight excluding hydrogens is 260 g/mol. The maximum atomic E-state index is 5.49. The van der Waals surface area contributed by atoms with E-state index in [0.717, 1.165) is 13.2 Å². The molecule has 0 unspecified atom stereocenters. The minimum absolute atomic E-state index is 0.214. The minimum Gasteiger partial charge on any atom is -0.379 e. The Labute approximate surface area is 123 Å². The standard InChI is InChI=1S/C15H32O5/c1-5-16-6-7-17-8-9-18-10-11-19-12-13-20-14-15(2,3)4/h5-14H2,1-4H3. The molecule has 5 nitrogen and oxygen atoms in total. The molecule has 0 aromatic rings. The molecule has 0 heterocycles. The van der Waals surface area contributed by atoms with Gasteiger partial charge in [-0.2, -0.15) is 0 Å². The zero-order valence-corrected chi connectivity index (χ0v) is 13.6. The van der Waals surface area contributed by atoms with Gasteiger partial charge in [-0.1, -0.05) is 20.8 Å². The van der Waals surface area contributed by atoms with Crippen LogP contribution in [0, 0.1) is 5.41 Å². The van der Waals surface area contributed by atoms with Crippen LogP contribution < -0.4 is 0 Å². The van der Waals surface area contributed by atoms with Gasteiger partial charge < -0.3 is 23.7 Å². The van der Waals surface area contributed by atoms with Crippen LogP contribution >= 0.6 is 0 Å². The second-order valence-corrected chi connectivity index (χ2v) is 5.65.